The molecule has 0 aromatic rings. The van der Waals surface area contributed by atoms with E-state index in [1.807, 2.05) is 0 Å². The van der Waals surface area contributed by atoms with E-state index in [-0.39, 0.29) is 12.6 Å². The molecular formula is C13H24O6. The third-order valence-corrected chi connectivity index (χ3v) is 1.95. The zero-order valence-electron chi connectivity index (χ0n) is 11.8. The molecular weight excluding hydrogens is 252 g/mol. The van der Waals surface area contributed by atoms with Crippen LogP contribution in [0.5, 0.6) is 0 Å². The predicted octanol–water partition coefficient (Wildman–Crippen LogP) is 0.802. The van der Waals surface area contributed by atoms with Crippen molar-refractivity contribution in [1.29, 1.82) is 0 Å². The Balaban J connectivity index is 3.05. The summed E-state index contributed by atoms with van der Waals surface area (Å²) in [6.45, 7) is 5.60. The second-order valence-electron chi connectivity index (χ2n) is 3.50. The summed E-state index contributed by atoms with van der Waals surface area (Å²) in [5.74, 6) is -0.351. The fourth-order valence-corrected chi connectivity index (χ4v) is 1.07. The van der Waals surface area contributed by atoms with Crippen molar-refractivity contribution in [2.24, 2.45) is 0 Å². The molecule has 0 aliphatic rings. The first kappa shape index (κ1) is 18.0. The number of methoxy groups -OCH3 is 1. The van der Waals surface area contributed by atoms with Crippen LogP contribution in [-0.4, -0.2) is 65.9 Å². The molecule has 6 nitrogen and oxygen atoms in total. The molecule has 0 saturated heterocycles. The summed E-state index contributed by atoms with van der Waals surface area (Å²) in [5, 5.41) is 0. The first-order valence-corrected chi connectivity index (χ1v) is 6.33. The fraction of sp³-hybridized carbons (Fsp3) is 0.769. The van der Waals surface area contributed by atoms with Crippen LogP contribution in [0.15, 0.2) is 12.2 Å². The molecule has 0 amide bonds. The quantitative estimate of drug-likeness (QED) is 0.282. The number of esters is 1. The van der Waals surface area contributed by atoms with Crippen molar-refractivity contribution in [3.63, 3.8) is 0 Å². The molecule has 0 heterocycles. The highest BCUT2D eigenvalue weighted by Crippen LogP contribution is 1.85. The van der Waals surface area contributed by atoms with Crippen LogP contribution in [0.25, 0.3) is 0 Å². The van der Waals surface area contributed by atoms with E-state index in [4.69, 9.17) is 23.7 Å². The van der Waals surface area contributed by atoms with Gasteiger partial charge in [0.25, 0.3) is 0 Å². The highest BCUT2D eigenvalue weighted by Gasteiger charge is 1.96. The van der Waals surface area contributed by atoms with Crippen LogP contribution in [0, 0.1) is 0 Å². The maximum absolute atomic E-state index is 10.9. The fourth-order valence-electron chi connectivity index (χ4n) is 1.07. The van der Waals surface area contributed by atoms with Gasteiger partial charge in [-0.2, -0.15) is 0 Å². The minimum absolute atomic E-state index is 0.253. The van der Waals surface area contributed by atoms with Crippen LogP contribution in [0.2, 0.25) is 0 Å². The molecule has 0 radical (unpaired) electrons. The van der Waals surface area contributed by atoms with E-state index < -0.39 is 0 Å². The Kier molecular flexibility index (Phi) is 14.4. The van der Waals surface area contributed by atoms with E-state index in [1.165, 1.54) is 6.08 Å². The van der Waals surface area contributed by atoms with Gasteiger partial charge in [0.05, 0.1) is 46.2 Å². The van der Waals surface area contributed by atoms with E-state index >= 15 is 0 Å². The molecule has 0 aliphatic heterocycles. The van der Waals surface area contributed by atoms with Crippen molar-refractivity contribution in [2.45, 2.75) is 6.92 Å². The number of hydrogen-bond donors (Lipinski definition) is 0. The molecule has 0 unspecified atom stereocenters. The Labute approximate surface area is 114 Å². The Morgan fingerprint density at radius 1 is 0.842 bits per heavy atom. The lowest BCUT2D eigenvalue weighted by atomic mass is 10.5. The van der Waals surface area contributed by atoms with Crippen molar-refractivity contribution >= 4 is 5.97 Å². The number of carbonyl (C=O) groups is 1. The zero-order chi connectivity index (χ0) is 14.2. The maximum Gasteiger partial charge on any atom is 0.330 e. The predicted molar refractivity (Wildman–Crippen MR) is 70.1 cm³/mol. The highest BCUT2D eigenvalue weighted by atomic mass is 16.6. The van der Waals surface area contributed by atoms with Crippen LogP contribution in [0.1, 0.15) is 6.92 Å². The number of rotatable bonds is 13. The van der Waals surface area contributed by atoms with Crippen molar-refractivity contribution in [2.75, 3.05) is 60.0 Å². The van der Waals surface area contributed by atoms with Crippen LogP contribution in [-0.2, 0) is 28.5 Å². The first-order valence-electron chi connectivity index (χ1n) is 6.33. The molecule has 0 fully saturated rings. The van der Waals surface area contributed by atoms with Gasteiger partial charge in [0.1, 0.15) is 6.61 Å². The number of ether oxygens (including phenoxy) is 5. The normalized spacial score (nSPS) is 11.1. The van der Waals surface area contributed by atoms with E-state index in [0.29, 0.717) is 46.2 Å². The van der Waals surface area contributed by atoms with Gasteiger partial charge in [0, 0.05) is 13.2 Å². The average molecular weight is 276 g/mol. The lowest BCUT2D eigenvalue weighted by Gasteiger charge is -2.06. The average Bonchev–Trinajstić information content (AvgIpc) is 2.40. The minimum Gasteiger partial charge on any atom is -0.460 e. The van der Waals surface area contributed by atoms with Crippen molar-refractivity contribution in [3.8, 4) is 0 Å². The lowest BCUT2D eigenvalue weighted by molar-refractivity contribution is -0.139. The summed E-state index contributed by atoms with van der Waals surface area (Å²) in [4.78, 5) is 10.9. The summed E-state index contributed by atoms with van der Waals surface area (Å²) in [5.41, 5.74) is 0. The molecule has 0 spiro atoms. The third-order valence-electron chi connectivity index (χ3n) is 1.95. The smallest absolute Gasteiger partial charge is 0.330 e. The topological polar surface area (TPSA) is 63.2 Å². The van der Waals surface area contributed by atoms with Gasteiger partial charge in [-0.25, -0.2) is 4.79 Å². The van der Waals surface area contributed by atoms with Gasteiger partial charge in [0.2, 0.25) is 0 Å². The monoisotopic (exact) mass is 276 g/mol. The van der Waals surface area contributed by atoms with E-state index in [2.05, 4.69) is 0 Å². The van der Waals surface area contributed by atoms with Crippen molar-refractivity contribution < 1.29 is 28.5 Å². The number of hydrogen-bond acceptors (Lipinski definition) is 6. The van der Waals surface area contributed by atoms with Gasteiger partial charge in [-0.1, -0.05) is 6.08 Å². The second-order valence-corrected chi connectivity index (χ2v) is 3.50. The SMILES string of the molecule is C/C=C/C(=O)OCCOCCOCCOCCOC. The molecule has 0 atom stereocenters. The van der Waals surface area contributed by atoms with Crippen LogP contribution in [0.3, 0.4) is 0 Å². The van der Waals surface area contributed by atoms with E-state index in [9.17, 15) is 4.79 Å². The van der Waals surface area contributed by atoms with Gasteiger partial charge in [-0.15, -0.1) is 0 Å². The van der Waals surface area contributed by atoms with Crippen molar-refractivity contribution in [3.05, 3.63) is 12.2 Å². The Morgan fingerprint density at radius 3 is 1.79 bits per heavy atom. The van der Waals surface area contributed by atoms with Gasteiger partial charge in [0.15, 0.2) is 0 Å². The summed E-state index contributed by atoms with van der Waals surface area (Å²) in [6.07, 6.45) is 3.00. The highest BCUT2D eigenvalue weighted by molar-refractivity contribution is 5.81. The Bertz CT molecular complexity index is 229. The van der Waals surface area contributed by atoms with Gasteiger partial charge in [-0.05, 0) is 6.92 Å². The molecule has 19 heavy (non-hydrogen) atoms. The lowest BCUT2D eigenvalue weighted by Crippen LogP contribution is -2.13. The summed E-state index contributed by atoms with van der Waals surface area (Å²) in [7, 11) is 1.63. The molecule has 0 aromatic carbocycles. The van der Waals surface area contributed by atoms with Gasteiger partial charge < -0.3 is 23.7 Å². The van der Waals surface area contributed by atoms with E-state index in [0.717, 1.165) is 0 Å². The molecule has 0 bridgehead atoms. The Hall–Kier alpha value is -0.950. The van der Waals surface area contributed by atoms with Crippen LogP contribution in [0.4, 0.5) is 0 Å². The van der Waals surface area contributed by atoms with Gasteiger partial charge in [-0.3, -0.25) is 0 Å². The second kappa shape index (κ2) is 15.1. The largest absolute Gasteiger partial charge is 0.460 e. The van der Waals surface area contributed by atoms with E-state index in [1.54, 1.807) is 20.1 Å². The summed E-state index contributed by atoms with van der Waals surface area (Å²) in [6, 6.07) is 0. The maximum atomic E-state index is 10.9. The minimum atomic E-state index is -0.351. The molecule has 6 heteroatoms. The first-order chi connectivity index (χ1) is 9.31. The number of allylic oxidation sites excluding steroid dienone is 1. The standard InChI is InChI=1S/C13H24O6/c1-3-4-13(14)19-12-11-18-10-9-17-8-7-16-6-5-15-2/h3-4H,5-12H2,1-2H3/b4-3+. The molecule has 0 N–H and O–H groups in total. The van der Waals surface area contributed by atoms with Gasteiger partial charge >= 0.3 is 5.97 Å². The third kappa shape index (κ3) is 15.0. The summed E-state index contributed by atoms with van der Waals surface area (Å²) >= 11 is 0. The molecule has 112 valence electrons. The number of carbonyl (C=O) groups excluding carboxylic acids is 1. The van der Waals surface area contributed by atoms with Crippen molar-refractivity contribution in [1.82, 2.24) is 0 Å². The van der Waals surface area contributed by atoms with Crippen LogP contribution >= 0.6 is 0 Å². The molecule has 0 aliphatic carbocycles. The van der Waals surface area contributed by atoms with Crippen LogP contribution < -0.4 is 0 Å². The Morgan fingerprint density at radius 2 is 1.32 bits per heavy atom. The molecule has 0 saturated carbocycles. The zero-order valence-corrected chi connectivity index (χ0v) is 11.8. The molecule has 0 aromatic heterocycles. The summed E-state index contributed by atoms with van der Waals surface area (Å²) < 4.78 is 25.4. The molecule has 0 rings (SSSR count).